The van der Waals surface area contributed by atoms with E-state index in [1.807, 2.05) is 4.40 Å². The van der Waals surface area contributed by atoms with Gasteiger partial charge in [-0.05, 0) is 0 Å². The molecule has 56 valence electrons. The van der Waals surface area contributed by atoms with Crippen molar-refractivity contribution in [2.75, 3.05) is 5.73 Å². The van der Waals surface area contributed by atoms with Crippen molar-refractivity contribution in [3.63, 3.8) is 0 Å². The summed E-state index contributed by atoms with van der Waals surface area (Å²) in [6.45, 7) is 3.43. The predicted octanol–water partition coefficient (Wildman–Crippen LogP) is 0.604. The van der Waals surface area contributed by atoms with Gasteiger partial charge >= 0.3 is 75.4 Å². The Morgan fingerprint density at radius 1 is 1.73 bits per heavy atom. The van der Waals surface area contributed by atoms with Crippen LogP contribution in [0.1, 0.15) is 11.3 Å². The van der Waals surface area contributed by atoms with Crippen molar-refractivity contribution in [2.45, 2.75) is 0 Å². The Morgan fingerprint density at radius 2 is 2.45 bits per heavy atom. The summed E-state index contributed by atoms with van der Waals surface area (Å²) in [4.78, 5) is 0. The number of hydrogen-bond donors (Lipinski definition) is 1. The Bertz CT molecular complexity index is 291. The van der Waals surface area contributed by atoms with Gasteiger partial charge in [0.2, 0.25) is 0 Å². The van der Waals surface area contributed by atoms with Gasteiger partial charge in [0.1, 0.15) is 0 Å². The monoisotopic (exact) mass is 318 g/mol. The van der Waals surface area contributed by atoms with E-state index in [1.54, 1.807) is 6.08 Å². The van der Waals surface area contributed by atoms with Gasteiger partial charge in [-0.2, -0.15) is 0 Å². The van der Waals surface area contributed by atoms with Crippen LogP contribution in [0.2, 0.25) is 0 Å². The molecule has 1 aromatic heterocycles. The molecule has 0 aliphatic rings. The van der Waals surface area contributed by atoms with E-state index < -0.39 is 0 Å². The fourth-order valence-corrected chi connectivity index (χ4v) is 1.49. The summed E-state index contributed by atoms with van der Waals surface area (Å²) in [7, 11) is 0. The molecule has 0 aliphatic carbocycles. The number of nitrogen functional groups attached to an aromatic ring is 1. The summed E-state index contributed by atoms with van der Waals surface area (Å²) in [5.74, 6) is 0.349. The third-order valence-corrected chi connectivity index (χ3v) is 1.99. The molecule has 0 spiro atoms. The van der Waals surface area contributed by atoms with Gasteiger partial charge in [0.05, 0.1) is 0 Å². The van der Waals surface area contributed by atoms with Crippen LogP contribution in [0.4, 0.5) is 5.88 Å². The molecule has 3 nitrogen and oxygen atoms in total. The predicted molar refractivity (Wildman–Crippen MR) is 39.1 cm³/mol. The maximum atomic E-state index is 5.47. The van der Waals surface area contributed by atoms with Crippen LogP contribution >= 0.6 is 0 Å². The van der Waals surface area contributed by atoms with E-state index in [1.165, 1.54) is 19.4 Å². The molecule has 0 atom stereocenters. The van der Waals surface area contributed by atoms with Gasteiger partial charge in [-0.3, -0.25) is 0 Å². The zero-order valence-corrected chi connectivity index (χ0v) is 8.64. The molecule has 0 aromatic carbocycles. The normalized spacial score (nSPS) is 9.82. The van der Waals surface area contributed by atoms with E-state index in [2.05, 4.69) is 18.2 Å². The number of aromatic nitrogens is 1. The number of nitrogens with zero attached hydrogens (tertiary/aromatic N) is 1. The van der Waals surface area contributed by atoms with Crippen molar-refractivity contribution in [1.29, 1.82) is 0 Å². The van der Waals surface area contributed by atoms with Crippen molar-refractivity contribution in [3.8, 4) is 0 Å². The Balaban J connectivity index is 3.15. The molecular weight excluding hydrogens is 312 g/mol. The number of rotatable bonds is 2. The fraction of sp³-hybridized carbons (Fsp3) is 0. The number of anilines is 1. The molecule has 0 amide bonds. The van der Waals surface area contributed by atoms with E-state index in [0.717, 1.165) is 5.56 Å². The fourth-order valence-electron chi connectivity index (χ4n) is 0.642. The van der Waals surface area contributed by atoms with Crippen LogP contribution in [-0.2, 0) is 19.4 Å². The topological polar surface area (TPSA) is 52.0 Å². The second-order valence-corrected chi connectivity index (χ2v) is 2.66. The summed E-state index contributed by atoms with van der Waals surface area (Å²) in [5, 5.41) is 3.70. The summed E-state index contributed by atoms with van der Waals surface area (Å²) in [6, 6.07) is 0. The average Bonchev–Trinajstić information content (AvgIpc) is 2.33. The molecule has 0 fully saturated rings. The first-order chi connectivity index (χ1) is 5.29. The standard InChI is InChI=1S/C7H6N2O.W/c1-3-4-6-5(2)7(8)10-9-6;/h2,4H,1,8H2;. The van der Waals surface area contributed by atoms with Crippen molar-refractivity contribution >= 4 is 16.4 Å². The SMILES string of the molecule is [CH2-][C+]=Cc1noc(N)c1[CH]=[W]. The van der Waals surface area contributed by atoms with Crippen molar-refractivity contribution in [2.24, 2.45) is 0 Å². The van der Waals surface area contributed by atoms with Crippen LogP contribution in [0.25, 0.3) is 6.08 Å². The Kier molecular flexibility index (Phi) is 2.58. The third kappa shape index (κ3) is 1.56. The molecule has 0 bridgehead atoms. The van der Waals surface area contributed by atoms with Crippen LogP contribution < -0.4 is 5.73 Å². The molecule has 1 rings (SSSR count). The van der Waals surface area contributed by atoms with Crippen LogP contribution in [0, 0.1) is 13.0 Å². The summed E-state index contributed by atoms with van der Waals surface area (Å²) < 4.78 is 6.66. The average molecular weight is 318 g/mol. The van der Waals surface area contributed by atoms with Crippen LogP contribution in [0.15, 0.2) is 4.52 Å². The van der Waals surface area contributed by atoms with Crippen LogP contribution in [0.3, 0.4) is 0 Å². The van der Waals surface area contributed by atoms with Crippen molar-refractivity contribution in [3.05, 3.63) is 24.3 Å². The van der Waals surface area contributed by atoms with Crippen molar-refractivity contribution in [1.82, 2.24) is 5.16 Å². The Hall–Kier alpha value is -0.912. The molecule has 0 radical (unpaired) electrons. The van der Waals surface area contributed by atoms with Gasteiger partial charge < -0.3 is 0 Å². The van der Waals surface area contributed by atoms with E-state index in [-0.39, 0.29) is 0 Å². The second-order valence-electron chi connectivity index (χ2n) is 1.81. The maximum absolute atomic E-state index is 5.47. The van der Waals surface area contributed by atoms with Gasteiger partial charge in [-0.15, -0.1) is 0 Å². The zero-order chi connectivity index (χ0) is 8.27. The first-order valence-electron chi connectivity index (χ1n) is 2.85. The van der Waals surface area contributed by atoms with Gasteiger partial charge in [0.25, 0.3) is 0 Å². The minimum atomic E-state index is 0.349. The zero-order valence-electron chi connectivity index (χ0n) is 5.70. The molecular formula is C7H6N2OW. The number of nitrogens with two attached hydrogens (primary N) is 1. The first kappa shape index (κ1) is 8.19. The molecule has 0 aliphatic heterocycles. The minimum absolute atomic E-state index is 0.349. The van der Waals surface area contributed by atoms with Crippen LogP contribution in [-0.4, -0.2) is 9.56 Å². The molecule has 11 heavy (non-hydrogen) atoms. The van der Waals surface area contributed by atoms with Gasteiger partial charge in [-0.25, -0.2) is 0 Å². The Labute approximate surface area is 75.7 Å². The molecule has 0 unspecified atom stereocenters. The van der Waals surface area contributed by atoms with Gasteiger partial charge in [0, 0.05) is 0 Å². The number of allylic oxidation sites excluding steroid dienone is 1. The third-order valence-electron chi connectivity index (χ3n) is 1.14. The summed E-state index contributed by atoms with van der Waals surface area (Å²) in [5.41, 5.74) is 6.98. The van der Waals surface area contributed by atoms with Gasteiger partial charge in [0.15, 0.2) is 0 Å². The molecule has 1 aromatic rings. The van der Waals surface area contributed by atoms with E-state index in [4.69, 9.17) is 10.3 Å². The van der Waals surface area contributed by atoms with Gasteiger partial charge in [-0.1, -0.05) is 0 Å². The molecule has 2 N–H and O–H groups in total. The van der Waals surface area contributed by atoms with Crippen LogP contribution in [0.5, 0.6) is 0 Å². The van der Waals surface area contributed by atoms with E-state index in [0.29, 0.717) is 11.6 Å². The molecule has 0 saturated carbocycles. The summed E-state index contributed by atoms with van der Waals surface area (Å²) >= 11 is 1.30. The number of hydrogen-bond acceptors (Lipinski definition) is 3. The van der Waals surface area contributed by atoms with E-state index >= 15 is 0 Å². The quantitative estimate of drug-likeness (QED) is 0.813. The molecule has 1 heterocycles. The molecule has 4 heteroatoms. The molecule has 0 saturated heterocycles. The second kappa shape index (κ2) is 3.47. The first-order valence-corrected chi connectivity index (χ1v) is 4.55. The summed E-state index contributed by atoms with van der Waals surface area (Å²) in [6.07, 6.45) is 4.24. The Morgan fingerprint density at radius 3 is 3.00 bits per heavy atom. The van der Waals surface area contributed by atoms with E-state index in [9.17, 15) is 0 Å². The van der Waals surface area contributed by atoms with Crippen molar-refractivity contribution < 1.29 is 23.9 Å².